The van der Waals surface area contributed by atoms with E-state index < -0.39 is 6.03 Å². The number of carbonyl (C=O) groups excluding carboxylic acids is 3. The number of urea groups is 1. The van der Waals surface area contributed by atoms with E-state index in [1.807, 2.05) is 25.1 Å². The molecule has 1 saturated heterocycles. The van der Waals surface area contributed by atoms with Gasteiger partial charge in [0.15, 0.2) is 0 Å². The first-order valence-corrected chi connectivity index (χ1v) is 11.0. The van der Waals surface area contributed by atoms with Crippen molar-refractivity contribution in [3.8, 4) is 0 Å². The Kier molecular flexibility index (Phi) is 8.79. The van der Waals surface area contributed by atoms with Gasteiger partial charge in [0.05, 0.1) is 13.2 Å². The largest absolute Gasteiger partial charge is 0.378 e. The summed E-state index contributed by atoms with van der Waals surface area (Å²) in [6.45, 7) is 3.76. The van der Waals surface area contributed by atoms with E-state index in [1.165, 1.54) is 0 Å². The van der Waals surface area contributed by atoms with Gasteiger partial charge in [-0.2, -0.15) is 0 Å². The number of hydrogen-bond donors (Lipinski definition) is 3. The van der Waals surface area contributed by atoms with Crippen LogP contribution in [0.5, 0.6) is 0 Å². The van der Waals surface area contributed by atoms with Gasteiger partial charge in [-0.25, -0.2) is 4.79 Å². The van der Waals surface area contributed by atoms with Gasteiger partial charge < -0.3 is 30.5 Å². The van der Waals surface area contributed by atoms with Crippen LogP contribution in [0.1, 0.15) is 26.3 Å². The predicted octanol–water partition coefficient (Wildman–Crippen LogP) is 1.77. The van der Waals surface area contributed by atoms with Crippen LogP contribution in [0.2, 0.25) is 0 Å². The first-order valence-electron chi connectivity index (χ1n) is 11.0. The van der Waals surface area contributed by atoms with Gasteiger partial charge in [0.25, 0.3) is 11.8 Å². The second-order valence-electron chi connectivity index (χ2n) is 8.05. The highest BCUT2D eigenvalue weighted by atomic mass is 16.5. The summed E-state index contributed by atoms with van der Waals surface area (Å²) in [5.41, 5.74) is 2.40. The lowest BCUT2D eigenvalue weighted by molar-refractivity contribution is 0.0303. The van der Waals surface area contributed by atoms with E-state index in [-0.39, 0.29) is 18.4 Å². The SMILES string of the molecule is CN(C)CCNC(=O)c1cccc(CNC(=O)Nc2cccc(C(=O)N3CCOCC3)c2)c1. The molecule has 0 aliphatic carbocycles. The molecule has 3 N–H and O–H groups in total. The molecule has 0 saturated carbocycles. The van der Waals surface area contributed by atoms with Crippen LogP contribution in [-0.2, 0) is 11.3 Å². The van der Waals surface area contributed by atoms with Crippen molar-refractivity contribution >= 4 is 23.5 Å². The van der Waals surface area contributed by atoms with Crippen LogP contribution in [-0.4, -0.2) is 81.1 Å². The second-order valence-corrected chi connectivity index (χ2v) is 8.05. The molecule has 0 unspecified atom stereocenters. The molecule has 4 amide bonds. The maximum atomic E-state index is 12.6. The Morgan fingerprint density at radius 1 is 0.970 bits per heavy atom. The lowest BCUT2D eigenvalue weighted by Gasteiger charge is -2.27. The Morgan fingerprint density at radius 3 is 2.45 bits per heavy atom. The highest BCUT2D eigenvalue weighted by molar-refractivity contribution is 5.97. The topological polar surface area (TPSA) is 103 Å². The fraction of sp³-hybridized carbons (Fsp3) is 0.375. The number of benzene rings is 2. The third kappa shape index (κ3) is 7.58. The minimum atomic E-state index is -0.396. The van der Waals surface area contributed by atoms with Gasteiger partial charge in [0, 0.05) is 49.5 Å². The third-order valence-corrected chi connectivity index (χ3v) is 5.15. The summed E-state index contributed by atoms with van der Waals surface area (Å²) >= 11 is 0. The zero-order valence-electron chi connectivity index (χ0n) is 19.1. The van der Waals surface area contributed by atoms with Crippen molar-refractivity contribution in [2.24, 2.45) is 0 Å². The van der Waals surface area contributed by atoms with Crippen LogP contribution in [0.4, 0.5) is 10.5 Å². The van der Waals surface area contributed by atoms with Gasteiger partial charge in [0.2, 0.25) is 0 Å². The zero-order valence-corrected chi connectivity index (χ0v) is 19.1. The van der Waals surface area contributed by atoms with Gasteiger partial charge in [-0.15, -0.1) is 0 Å². The maximum Gasteiger partial charge on any atom is 0.319 e. The number of amides is 4. The highest BCUT2D eigenvalue weighted by Crippen LogP contribution is 2.14. The van der Waals surface area contributed by atoms with E-state index in [0.29, 0.717) is 49.7 Å². The molecule has 0 aromatic heterocycles. The van der Waals surface area contributed by atoms with E-state index in [2.05, 4.69) is 16.0 Å². The highest BCUT2D eigenvalue weighted by Gasteiger charge is 2.18. The molecule has 1 aliphatic rings. The zero-order chi connectivity index (χ0) is 23.6. The Labute approximate surface area is 194 Å². The summed E-state index contributed by atoms with van der Waals surface area (Å²) in [5, 5.41) is 8.42. The molecule has 1 heterocycles. The molecule has 176 valence electrons. The van der Waals surface area contributed by atoms with E-state index in [4.69, 9.17) is 4.74 Å². The van der Waals surface area contributed by atoms with Gasteiger partial charge in [-0.3, -0.25) is 9.59 Å². The molecule has 0 spiro atoms. The number of nitrogens with one attached hydrogen (secondary N) is 3. The molecule has 3 rings (SSSR count). The number of morpholine rings is 1. The molecule has 0 atom stereocenters. The van der Waals surface area contributed by atoms with Crippen molar-refractivity contribution in [1.29, 1.82) is 0 Å². The molecule has 33 heavy (non-hydrogen) atoms. The molecular weight excluding hydrogens is 422 g/mol. The molecule has 0 radical (unpaired) electrons. The first kappa shape index (κ1) is 24.2. The van der Waals surface area contributed by atoms with Crippen molar-refractivity contribution in [2.75, 3.05) is 58.8 Å². The summed E-state index contributed by atoms with van der Waals surface area (Å²) < 4.78 is 5.29. The van der Waals surface area contributed by atoms with E-state index in [0.717, 1.165) is 12.1 Å². The van der Waals surface area contributed by atoms with Gasteiger partial charge in [0.1, 0.15) is 0 Å². The Morgan fingerprint density at radius 2 is 1.70 bits per heavy atom. The summed E-state index contributed by atoms with van der Waals surface area (Å²) in [5.74, 6) is -0.229. The fourth-order valence-corrected chi connectivity index (χ4v) is 3.35. The quantitative estimate of drug-likeness (QED) is 0.565. The number of likely N-dealkylation sites (N-methyl/N-ethyl adjacent to an activating group) is 1. The second kappa shape index (κ2) is 12.0. The van der Waals surface area contributed by atoms with Gasteiger partial charge >= 0.3 is 6.03 Å². The van der Waals surface area contributed by atoms with E-state index >= 15 is 0 Å². The van der Waals surface area contributed by atoms with Crippen LogP contribution in [0, 0.1) is 0 Å². The summed E-state index contributed by atoms with van der Waals surface area (Å²) in [7, 11) is 3.89. The third-order valence-electron chi connectivity index (χ3n) is 5.15. The summed E-state index contributed by atoms with van der Waals surface area (Å²) in [6.07, 6.45) is 0. The molecule has 2 aromatic carbocycles. The van der Waals surface area contributed by atoms with Crippen molar-refractivity contribution in [2.45, 2.75) is 6.54 Å². The lowest BCUT2D eigenvalue weighted by atomic mass is 10.1. The standard InChI is InChI=1S/C24H31N5O4/c1-28(2)10-9-25-22(30)19-6-3-5-18(15-19)17-26-24(32)27-21-8-4-7-20(16-21)23(31)29-11-13-33-14-12-29/h3-8,15-16H,9-14,17H2,1-2H3,(H,25,30)(H2,26,27,32). The first-order chi connectivity index (χ1) is 15.9. The number of ether oxygens (including phenoxy) is 1. The molecule has 1 fully saturated rings. The van der Waals surface area contributed by atoms with Crippen LogP contribution >= 0.6 is 0 Å². The van der Waals surface area contributed by atoms with Crippen LogP contribution in [0.3, 0.4) is 0 Å². The number of rotatable bonds is 8. The van der Waals surface area contributed by atoms with E-state index in [9.17, 15) is 14.4 Å². The smallest absolute Gasteiger partial charge is 0.319 e. The average Bonchev–Trinajstić information content (AvgIpc) is 2.83. The van der Waals surface area contributed by atoms with Crippen LogP contribution in [0.15, 0.2) is 48.5 Å². The number of carbonyl (C=O) groups is 3. The van der Waals surface area contributed by atoms with Gasteiger partial charge in [-0.1, -0.05) is 18.2 Å². The van der Waals surface area contributed by atoms with Crippen LogP contribution < -0.4 is 16.0 Å². The lowest BCUT2D eigenvalue weighted by Crippen LogP contribution is -2.40. The van der Waals surface area contributed by atoms with Crippen LogP contribution in [0.25, 0.3) is 0 Å². The Hall–Kier alpha value is -3.43. The fourth-order valence-electron chi connectivity index (χ4n) is 3.35. The van der Waals surface area contributed by atoms with Crippen molar-refractivity contribution < 1.29 is 19.1 Å². The Bertz CT molecular complexity index is 973. The predicted molar refractivity (Wildman–Crippen MR) is 126 cm³/mol. The minimum absolute atomic E-state index is 0.0805. The molecule has 0 bridgehead atoms. The minimum Gasteiger partial charge on any atom is -0.378 e. The molecule has 9 nitrogen and oxygen atoms in total. The average molecular weight is 454 g/mol. The molecule has 2 aromatic rings. The molecule has 1 aliphatic heterocycles. The van der Waals surface area contributed by atoms with Gasteiger partial charge in [-0.05, 0) is 50.0 Å². The van der Waals surface area contributed by atoms with E-state index in [1.54, 1.807) is 47.4 Å². The number of hydrogen-bond acceptors (Lipinski definition) is 5. The summed E-state index contributed by atoms with van der Waals surface area (Å²) in [4.78, 5) is 41.0. The van der Waals surface area contributed by atoms with Crippen molar-refractivity contribution in [1.82, 2.24) is 20.4 Å². The number of anilines is 1. The van der Waals surface area contributed by atoms with Crippen molar-refractivity contribution in [3.63, 3.8) is 0 Å². The van der Waals surface area contributed by atoms with Crippen molar-refractivity contribution in [3.05, 3.63) is 65.2 Å². The number of nitrogens with zero attached hydrogens (tertiary/aromatic N) is 2. The monoisotopic (exact) mass is 453 g/mol. The normalized spacial score (nSPS) is 13.5. The summed E-state index contributed by atoms with van der Waals surface area (Å²) in [6, 6.07) is 13.6. The Balaban J connectivity index is 1.51. The molecule has 9 heteroatoms. The molecular formula is C24H31N5O4. The maximum absolute atomic E-state index is 12.6.